The van der Waals surface area contributed by atoms with Gasteiger partial charge in [-0.1, -0.05) is 31.2 Å². The quantitative estimate of drug-likeness (QED) is 0.807. The molecule has 122 valence electrons. The summed E-state index contributed by atoms with van der Waals surface area (Å²) in [4.78, 5) is 12.0. The van der Waals surface area contributed by atoms with Crippen molar-refractivity contribution in [2.24, 2.45) is 0 Å². The van der Waals surface area contributed by atoms with E-state index >= 15 is 0 Å². The third-order valence-electron chi connectivity index (χ3n) is 3.93. The van der Waals surface area contributed by atoms with Crippen LogP contribution in [0.5, 0.6) is 5.75 Å². The molecule has 4 nitrogen and oxygen atoms in total. The molecule has 4 heteroatoms. The number of hydrogen-bond donors (Lipinski definition) is 2. The van der Waals surface area contributed by atoms with Gasteiger partial charge >= 0.3 is 6.03 Å². The topological polar surface area (TPSA) is 50.4 Å². The summed E-state index contributed by atoms with van der Waals surface area (Å²) in [6, 6.07) is 11.6. The van der Waals surface area contributed by atoms with E-state index in [0.717, 1.165) is 29.0 Å². The SMILES string of the molecule is CCc1cccc(C)c1NC(=O)NCOc1ccc(C)c(C)c1. The number of benzene rings is 2. The maximum atomic E-state index is 12.0. The summed E-state index contributed by atoms with van der Waals surface area (Å²) >= 11 is 0. The lowest BCUT2D eigenvalue weighted by molar-refractivity contribution is 0.234. The number of anilines is 1. The molecule has 2 aromatic carbocycles. The van der Waals surface area contributed by atoms with E-state index < -0.39 is 0 Å². The van der Waals surface area contributed by atoms with Crippen LogP contribution < -0.4 is 15.4 Å². The average Bonchev–Trinajstić information content (AvgIpc) is 2.53. The highest BCUT2D eigenvalue weighted by Crippen LogP contribution is 2.21. The molecule has 0 saturated heterocycles. The molecule has 0 bridgehead atoms. The molecule has 0 aliphatic carbocycles. The number of ether oxygens (including phenoxy) is 1. The Bertz CT molecular complexity index is 696. The second-order valence-electron chi connectivity index (χ2n) is 5.63. The molecule has 2 N–H and O–H groups in total. The standard InChI is InChI=1S/C19H24N2O2/c1-5-16-8-6-7-14(3)18(16)21-19(22)20-12-23-17-10-9-13(2)15(4)11-17/h6-11H,5,12H2,1-4H3,(H2,20,21,22). The molecule has 0 aliphatic heterocycles. The smallest absolute Gasteiger partial charge is 0.321 e. The van der Waals surface area contributed by atoms with Crippen LogP contribution in [-0.2, 0) is 6.42 Å². The van der Waals surface area contributed by atoms with Crippen molar-refractivity contribution in [3.05, 3.63) is 58.7 Å². The highest BCUT2D eigenvalue weighted by molar-refractivity contribution is 5.90. The minimum absolute atomic E-state index is 0.127. The fraction of sp³-hybridized carbons (Fsp3) is 0.316. The van der Waals surface area contributed by atoms with Gasteiger partial charge in [0.2, 0.25) is 0 Å². The van der Waals surface area contributed by atoms with E-state index in [9.17, 15) is 4.79 Å². The zero-order valence-electron chi connectivity index (χ0n) is 14.2. The lowest BCUT2D eigenvalue weighted by Gasteiger charge is -2.14. The Hall–Kier alpha value is -2.49. The monoisotopic (exact) mass is 312 g/mol. The number of carbonyl (C=O) groups excluding carboxylic acids is 1. The third kappa shape index (κ3) is 4.49. The molecule has 0 unspecified atom stereocenters. The largest absolute Gasteiger partial charge is 0.473 e. The van der Waals surface area contributed by atoms with Crippen molar-refractivity contribution in [2.75, 3.05) is 12.0 Å². The molecule has 0 fully saturated rings. The molecular weight excluding hydrogens is 288 g/mol. The van der Waals surface area contributed by atoms with Gasteiger partial charge in [-0.2, -0.15) is 0 Å². The first kappa shape index (κ1) is 16.9. The van der Waals surface area contributed by atoms with Crippen molar-refractivity contribution in [3.63, 3.8) is 0 Å². The van der Waals surface area contributed by atoms with E-state index in [1.807, 2.05) is 50.2 Å². The van der Waals surface area contributed by atoms with Gasteiger partial charge in [-0.05, 0) is 61.6 Å². The van der Waals surface area contributed by atoms with Gasteiger partial charge in [0, 0.05) is 5.69 Å². The lowest BCUT2D eigenvalue weighted by Crippen LogP contribution is -2.32. The van der Waals surface area contributed by atoms with Crippen molar-refractivity contribution in [2.45, 2.75) is 34.1 Å². The number of para-hydroxylation sites is 1. The fourth-order valence-corrected chi connectivity index (χ4v) is 2.35. The van der Waals surface area contributed by atoms with Crippen molar-refractivity contribution in [3.8, 4) is 5.75 Å². The molecule has 0 saturated carbocycles. The number of carbonyl (C=O) groups is 1. The molecule has 23 heavy (non-hydrogen) atoms. The first-order valence-corrected chi connectivity index (χ1v) is 7.84. The lowest BCUT2D eigenvalue weighted by atomic mass is 10.1. The van der Waals surface area contributed by atoms with Gasteiger partial charge in [-0.15, -0.1) is 0 Å². The number of amides is 2. The molecule has 0 radical (unpaired) electrons. The summed E-state index contributed by atoms with van der Waals surface area (Å²) in [6.07, 6.45) is 0.871. The van der Waals surface area contributed by atoms with Crippen molar-refractivity contribution < 1.29 is 9.53 Å². The Kier molecular flexibility index (Phi) is 5.63. The summed E-state index contributed by atoms with van der Waals surface area (Å²) < 4.78 is 5.57. The molecule has 2 rings (SSSR count). The molecule has 0 atom stereocenters. The van der Waals surface area contributed by atoms with Gasteiger partial charge in [0.15, 0.2) is 6.73 Å². The number of nitrogens with one attached hydrogen (secondary N) is 2. The molecule has 0 heterocycles. The molecule has 0 spiro atoms. The molecule has 2 amide bonds. The Labute approximate surface area is 137 Å². The van der Waals surface area contributed by atoms with Crippen molar-refractivity contribution in [1.82, 2.24) is 5.32 Å². The minimum atomic E-state index is -0.266. The highest BCUT2D eigenvalue weighted by atomic mass is 16.5. The fourth-order valence-electron chi connectivity index (χ4n) is 2.35. The maximum Gasteiger partial charge on any atom is 0.321 e. The summed E-state index contributed by atoms with van der Waals surface area (Å²) in [5.41, 5.74) is 5.43. The zero-order chi connectivity index (χ0) is 16.8. The van der Waals surface area contributed by atoms with Crippen molar-refractivity contribution in [1.29, 1.82) is 0 Å². The van der Waals surface area contributed by atoms with Gasteiger partial charge in [-0.3, -0.25) is 0 Å². The van der Waals surface area contributed by atoms with E-state index in [2.05, 4.69) is 24.5 Å². The first-order valence-electron chi connectivity index (χ1n) is 7.84. The maximum absolute atomic E-state index is 12.0. The number of hydrogen-bond acceptors (Lipinski definition) is 2. The van der Waals surface area contributed by atoms with Crippen LogP contribution in [0.25, 0.3) is 0 Å². The number of rotatable bonds is 5. The van der Waals surface area contributed by atoms with Gasteiger partial charge < -0.3 is 15.4 Å². The molecule has 0 aliphatic rings. The number of urea groups is 1. The van der Waals surface area contributed by atoms with E-state index in [0.29, 0.717) is 0 Å². The van der Waals surface area contributed by atoms with Gasteiger partial charge in [0.25, 0.3) is 0 Å². The molecular formula is C19H24N2O2. The second-order valence-corrected chi connectivity index (χ2v) is 5.63. The summed E-state index contributed by atoms with van der Waals surface area (Å²) in [5, 5.41) is 5.63. The van der Waals surface area contributed by atoms with E-state index in [1.54, 1.807) is 0 Å². The predicted molar refractivity (Wildman–Crippen MR) is 94.1 cm³/mol. The van der Waals surface area contributed by atoms with Gasteiger partial charge in [0.1, 0.15) is 5.75 Å². The van der Waals surface area contributed by atoms with Crippen molar-refractivity contribution >= 4 is 11.7 Å². The van der Waals surface area contributed by atoms with Gasteiger partial charge in [-0.25, -0.2) is 4.79 Å². The van der Waals surface area contributed by atoms with Crippen LogP contribution >= 0.6 is 0 Å². The second kappa shape index (κ2) is 7.68. The highest BCUT2D eigenvalue weighted by Gasteiger charge is 2.08. The summed E-state index contributed by atoms with van der Waals surface area (Å²) in [5.74, 6) is 0.749. The van der Waals surface area contributed by atoms with Crippen LogP contribution in [0.3, 0.4) is 0 Å². The summed E-state index contributed by atoms with van der Waals surface area (Å²) in [6.45, 7) is 8.27. The Morgan fingerprint density at radius 1 is 1.04 bits per heavy atom. The van der Waals surface area contributed by atoms with Crippen LogP contribution in [0.1, 0.15) is 29.2 Å². The van der Waals surface area contributed by atoms with Gasteiger partial charge in [0.05, 0.1) is 0 Å². The number of aryl methyl sites for hydroxylation is 4. The van der Waals surface area contributed by atoms with Crippen LogP contribution in [0, 0.1) is 20.8 Å². The van der Waals surface area contributed by atoms with Crippen LogP contribution in [0.2, 0.25) is 0 Å². The van der Waals surface area contributed by atoms with Crippen LogP contribution in [0.4, 0.5) is 10.5 Å². The van der Waals surface area contributed by atoms with Crippen LogP contribution in [0.15, 0.2) is 36.4 Å². The Morgan fingerprint density at radius 3 is 2.52 bits per heavy atom. The Balaban J connectivity index is 1.89. The molecule has 0 aromatic heterocycles. The zero-order valence-corrected chi connectivity index (χ0v) is 14.2. The van der Waals surface area contributed by atoms with Crippen LogP contribution in [-0.4, -0.2) is 12.8 Å². The van der Waals surface area contributed by atoms with E-state index in [4.69, 9.17) is 4.74 Å². The summed E-state index contributed by atoms with van der Waals surface area (Å²) in [7, 11) is 0. The molecule has 2 aromatic rings. The third-order valence-corrected chi connectivity index (χ3v) is 3.93. The normalized spacial score (nSPS) is 10.3. The minimum Gasteiger partial charge on any atom is -0.473 e. The average molecular weight is 312 g/mol. The Morgan fingerprint density at radius 2 is 1.83 bits per heavy atom. The van der Waals surface area contributed by atoms with E-state index in [1.165, 1.54) is 11.1 Å². The van der Waals surface area contributed by atoms with E-state index in [-0.39, 0.29) is 12.8 Å². The first-order chi connectivity index (χ1) is 11.0. The predicted octanol–water partition coefficient (Wildman–Crippen LogP) is 4.33.